The molecular weight excluding hydrogens is 338 g/mol. The number of H-pyrrole nitrogens is 1. The Hall–Kier alpha value is -2.47. The van der Waals surface area contributed by atoms with E-state index in [0.29, 0.717) is 17.5 Å². The molecule has 0 aromatic carbocycles. The molecule has 0 unspecified atom stereocenters. The topological polar surface area (TPSA) is 104 Å². The average molecular weight is 374 g/mol. The van der Waals surface area contributed by atoms with Crippen LogP contribution in [0.4, 0.5) is 0 Å². The van der Waals surface area contributed by atoms with Crippen molar-refractivity contribution in [1.82, 2.24) is 9.88 Å². The highest BCUT2D eigenvalue weighted by Gasteiger charge is 2.29. The first kappa shape index (κ1) is 22.6. The van der Waals surface area contributed by atoms with Crippen LogP contribution in [0.2, 0.25) is 0 Å². The Balaban J connectivity index is 0.000000665. The first-order valence-corrected chi connectivity index (χ1v) is 9.32. The van der Waals surface area contributed by atoms with Gasteiger partial charge in [0.2, 0.25) is 0 Å². The summed E-state index contributed by atoms with van der Waals surface area (Å²) in [5.74, 6) is 2.03. The van der Waals surface area contributed by atoms with E-state index in [4.69, 9.17) is 16.6 Å². The summed E-state index contributed by atoms with van der Waals surface area (Å²) in [6, 6.07) is 2.06. The molecule has 150 valence electrons. The Morgan fingerprint density at radius 2 is 2.00 bits per heavy atom. The van der Waals surface area contributed by atoms with Crippen LogP contribution in [-0.4, -0.2) is 34.5 Å². The van der Waals surface area contributed by atoms with Gasteiger partial charge >= 0.3 is 0 Å². The Bertz CT molecular complexity index is 689. The number of amidine groups is 1. The summed E-state index contributed by atoms with van der Waals surface area (Å²) in [4.78, 5) is 9.70. The molecule has 6 heteroatoms. The molecule has 1 aromatic rings. The Kier molecular flexibility index (Phi) is 8.88. The van der Waals surface area contributed by atoms with Crippen LogP contribution < -0.4 is 11.5 Å². The number of aryl methyl sites for hydroxylation is 2. The second-order valence-electron chi connectivity index (χ2n) is 7.07. The summed E-state index contributed by atoms with van der Waals surface area (Å²) in [6.07, 6.45) is 8.02. The van der Waals surface area contributed by atoms with Crippen molar-refractivity contribution in [2.75, 3.05) is 13.7 Å². The zero-order valence-electron chi connectivity index (χ0n) is 17.3. The molecular formula is C21H35N5O. The lowest BCUT2D eigenvalue weighted by Gasteiger charge is -2.38. The van der Waals surface area contributed by atoms with Crippen molar-refractivity contribution in [3.63, 3.8) is 0 Å². The molecule has 1 aromatic heterocycles. The van der Waals surface area contributed by atoms with E-state index >= 15 is 0 Å². The number of aliphatic hydroxyl groups excluding tert-OH is 1. The molecule has 3 rings (SSSR count). The van der Waals surface area contributed by atoms with Crippen LogP contribution in [0.5, 0.6) is 0 Å². The van der Waals surface area contributed by atoms with E-state index in [1.165, 1.54) is 18.4 Å². The molecule has 1 aliphatic carbocycles. The predicted octanol–water partition coefficient (Wildman–Crippen LogP) is 3.25. The third-order valence-corrected chi connectivity index (χ3v) is 4.74. The van der Waals surface area contributed by atoms with Crippen LogP contribution in [0.25, 0.3) is 5.70 Å². The van der Waals surface area contributed by atoms with Crippen LogP contribution in [0.15, 0.2) is 41.8 Å². The Labute approximate surface area is 163 Å². The maximum Gasteiger partial charge on any atom is 0.149 e. The lowest BCUT2D eigenvalue weighted by Crippen LogP contribution is -2.38. The van der Waals surface area contributed by atoms with E-state index in [0.717, 1.165) is 36.7 Å². The van der Waals surface area contributed by atoms with Crippen LogP contribution in [0.3, 0.4) is 0 Å². The van der Waals surface area contributed by atoms with Crippen molar-refractivity contribution in [3.8, 4) is 0 Å². The van der Waals surface area contributed by atoms with Gasteiger partial charge in [-0.15, -0.1) is 6.58 Å². The van der Waals surface area contributed by atoms with Crippen molar-refractivity contribution >= 4 is 11.5 Å². The summed E-state index contributed by atoms with van der Waals surface area (Å²) in [6.45, 7) is 12.6. The lowest BCUT2D eigenvalue weighted by molar-refractivity contribution is 0.178. The Morgan fingerprint density at radius 3 is 2.48 bits per heavy atom. The number of nitrogens with one attached hydrogen (secondary N) is 1. The zero-order valence-corrected chi connectivity index (χ0v) is 17.3. The van der Waals surface area contributed by atoms with E-state index in [1.807, 2.05) is 20.0 Å². The summed E-state index contributed by atoms with van der Waals surface area (Å²) in [5, 5.41) is 7.00. The van der Waals surface area contributed by atoms with Gasteiger partial charge in [0.05, 0.1) is 11.4 Å². The van der Waals surface area contributed by atoms with Gasteiger partial charge in [0.1, 0.15) is 11.5 Å². The third-order valence-electron chi connectivity index (χ3n) is 4.74. The molecule has 6 nitrogen and oxygen atoms in total. The maximum absolute atomic E-state index is 7.00. The molecule has 0 bridgehead atoms. The van der Waals surface area contributed by atoms with E-state index in [-0.39, 0.29) is 0 Å². The molecule has 2 heterocycles. The van der Waals surface area contributed by atoms with Gasteiger partial charge in [0, 0.05) is 31.7 Å². The zero-order chi connectivity index (χ0) is 20.6. The van der Waals surface area contributed by atoms with E-state index in [9.17, 15) is 0 Å². The monoisotopic (exact) mass is 373 g/mol. The second kappa shape index (κ2) is 10.6. The van der Waals surface area contributed by atoms with Crippen molar-refractivity contribution in [1.29, 1.82) is 0 Å². The van der Waals surface area contributed by atoms with E-state index in [1.54, 1.807) is 12.3 Å². The van der Waals surface area contributed by atoms with Gasteiger partial charge in [-0.05, 0) is 57.1 Å². The van der Waals surface area contributed by atoms with Gasteiger partial charge < -0.3 is 26.5 Å². The fraction of sp³-hybridized carbons (Fsp3) is 0.476. The molecule has 0 amide bonds. The number of hydrogen-bond acceptors (Lipinski definition) is 5. The largest absolute Gasteiger partial charge is 0.400 e. The summed E-state index contributed by atoms with van der Waals surface area (Å²) >= 11 is 0. The molecule has 0 saturated heterocycles. The second-order valence-corrected chi connectivity index (χ2v) is 7.07. The predicted molar refractivity (Wildman–Crippen MR) is 115 cm³/mol. The molecule has 2 aliphatic rings. The van der Waals surface area contributed by atoms with Crippen molar-refractivity contribution < 1.29 is 5.11 Å². The smallest absolute Gasteiger partial charge is 0.149 e. The third kappa shape index (κ3) is 5.76. The van der Waals surface area contributed by atoms with Crippen molar-refractivity contribution in [2.45, 2.75) is 40.5 Å². The number of nitrogens with zero attached hydrogens (tertiary/aromatic N) is 2. The molecule has 6 N–H and O–H groups in total. The summed E-state index contributed by atoms with van der Waals surface area (Å²) in [7, 11) is 1.00. The molecule has 1 aliphatic heterocycles. The number of allylic oxidation sites excluding steroid dienone is 1. The number of rotatable bonds is 3. The number of aliphatic imine (C=N–C) groups is 1. The van der Waals surface area contributed by atoms with Gasteiger partial charge in [0.25, 0.3) is 0 Å². The number of aromatic nitrogens is 1. The van der Waals surface area contributed by atoms with Gasteiger partial charge in [-0.2, -0.15) is 0 Å². The summed E-state index contributed by atoms with van der Waals surface area (Å²) in [5.41, 5.74) is 17.2. The number of hydrogen-bond donors (Lipinski definition) is 4. The van der Waals surface area contributed by atoms with Crippen LogP contribution in [0, 0.1) is 25.7 Å². The standard InChI is InChI=1S/C17H25N5.C3H6.CH4O/c1-10-6-13(7-10)9-22-5-4-20-17(19)16(22)15(18)14-8-11(2)12(3)21-14;1-3-2;1-2/h4-5,8,10,13,21H,6-7,9,18H2,1-3H3,(H2,19,20);3H,1H2,2H3;2H,1H3/b16-15-;;. The van der Waals surface area contributed by atoms with E-state index in [2.05, 4.69) is 41.4 Å². The molecule has 1 saturated carbocycles. The minimum absolute atomic E-state index is 0.484. The highest BCUT2D eigenvalue weighted by Crippen LogP contribution is 2.35. The molecule has 0 spiro atoms. The van der Waals surface area contributed by atoms with Crippen molar-refractivity contribution in [2.24, 2.45) is 28.3 Å². The van der Waals surface area contributed by atoms with E-state index < -0.39 is 0 Å². The average Bonchev–Trinajstić information content (AvgIpc) is 2.95. The van der Waals surface area contributed by atoms with Crippen LogP contribution >= 0.6 is 0 Å². The van der Waals surface area contributed by atoms with Gasteiger partial charge in [0.15, 0.2) is 0 Å². The summed E-state index contributed by atoms with van der Waals surface area (Å²) < 4.78 is 0. The van der Waals surface area contributed by atoms with Gasteiger partial charge in [-0.25, -0.2) is 4.99 Å². The number of aliphatic hydroxyl groups is 1. The van der Waals surface area contributed by atoms with Crippen LogP contribution in [0.1, 0.15) is 43.6 Å². The number of aromatic amines is 1. The first-order valence-electron chi connectivity index (χ1n) is 9.32. The first-order chi connectivity index (χ1) is 12.9. The minimum atomic E-state index is 0.484. The molecule has 0 atom stereocenters. The minimum Gasteiger partial charge on any atom is -0.400 e. The Morgan fingerprint density at radius 1 is 1.41 bits per heavy atom. The highest BCUT2D eigenvalue weighted by atomic mass is 16.2. The molecule has 27 heavy (non-hydrogen) atoms. The number of nitrogens with two attached hydrogens (primary N) is 2. The maximum atomic E-state index is 7.00. The molecule has 0 radical (unpaired) electrons. The SMILES string of the molecule is C=CC.CO.Cc1cc(/C(N)=C2\C(N)=NC=CN2CC2CC(C)C2)[nH]c1C. The lowest BCUT2D eigenvalue weighted by atomic mass is 9.76. The van der Waals surface area contributed by atoms with Crippen LogP contribution in [-0.2, 0) is 0 Å². The quantitative estimate of drug-likeness (QED) is 0.611. The fourth-order valence-electron chi connectivity index (χ4n) is 3.35. The molecule has 1 fully saturated rings. The highest BCUT2D eigenvalue weighted by molar-refractivity contribution is 6.03. The fourth-order valence-corrected chi connectivity index (χ4v) is 3.35. The van der Waals surface area contributed by atoms with Gasteiger partial charge in [-0.3, -0.25) is 0 Å². The van der Waals surface area contributed by atoms with Gasteiger partial charge in [-0.1, -0.05) is 13.0 Å². The normalized spacial score (nSPS) is 22.4. The van der Waals surface area contributed by atoms with Crippen molar-refractivity contribution in [3.05, 3.63) is 53.8 Å².